The van der Waals surface area contributed by atoms with Gasteiger partial charge >= 0.3 is 0 Å². The summed E-state index contributed by atoms with van der Waals surface area (Å²) in [5.74, 6) is -0.288. The molecule has 1 aromatic rings. The quantitative estimate of drug-likeness (QED) is 0.793. The summed E-state index contributed by atoms with van der Waals surface area (Å²) < 4.78 is 14.0. The average Bonchev–Trinajstić information content (AvgIpc) is 3.01. The summed E-state index contributed by atoms with van der Waals surface area (Å²) in [6, 6.07) is 5.49. The van der Waals surface area contributed by atoms with Gasteiger partial charge in [0.05, 0.1) is 5.69 Å². The Kier molecular flexibility index (Phi) is 4.01. The summed E-state index contributed by atoms with van der Waals surface area (Å²) in [7, 11) is 0. The van der Waals surface area contributed by atoms with Crippen molar-refractivity contribution in [3.63, 3.8) is 0 Å². The Balaban J connectivity index is 1.64. The number of benzene rings is 1. The molecule has 1 heterocycles. The lowest BCUT2D eigenvalue weighted by Gasteiger charge is -2.39. The number of piperazine rings is 1. The van der Waals surface area contributed by atoms with Crippen molar-refractivity contribution in [2.75, 3.05) is 31.1 Å². The van der Waals surface area contributed by atoms with Crippen LogP contribution in [0.3, 0.4) is 0 Å². The van der Waals surface area contributed by atoms with Gasteiger partial charge in [-0.1, -0.05) is 12.8 Å². The molecule has 1 aliphatic carbocycles. The molecule has 0 radical (unpaired) electrons. The predicted molar refractivity (Wildman–Crippen MR) is 77.8 cm³/mol. The van der Waals surface area contributed by atoms with Crippen molar-refractivity contribution in [1.29, 1.82) is 0 Å². The van der Waals surface area contributed by atoms with Gasteiger partial charge in [0, 0.05) is 37.8 Å². The van der Waals surface area contributed by atoms with E-state index in [1.165, 1.54) is 31.7 Å². The van der Waals surface area contributed by atoms with Crippen LogP contribution in [-0.2, 0) is 0 Å². The van der Waals surface area contributed by atoms with Gasteiger partial charge in [-0.15, -0.1) is 0 Å². The van der Waals surface area contributed by atoms with E-state index in [1.807, 2.05) is 0 Å². The van der Waals surface area contributed by atoms with E-state index in [-0.39, 0.29) is 5.82 Å². The van der Waals surface area contributed by atoms with Crippen LogP contribution in [0.2, 0.25) is 0 Å². The standard InChI is InChI=1S/C16H21FN2O/c17-15-11-13(12-20)5-6-16(15)19-9-7-18(8-10-19)14-3-1-2-4-14/h5-6,11-12,14H,1-4,7-10H2. The van der Waals surface area contributed by atoms with Crippen molar-refractivity contribution < 1.29 is 9.18 Å². The fraction of sp³-hybridized carbons (Fsp3) is 0.562. The first-order valence-electron chi connectivity index (χ1n) is 7.51. The summed E-state index contributed by atoms with van der Waals surface area (Å²) in [4.78, 5) is 15.3. The maximum Gasteiger partial charge on any atom is 0.150 e. The Morgan fingerprint density at radius 3 is 2.40 bits per heavy atom. The number of anilines is 1. The highest BCUT2D eigenvalue weighted by molar-refractivity contribution is 5.76. The monoisotopic (exact) mass is 276 g/mol. The average molecular weight is 276 g/mol. The second kappa shape index (κ2) is 5.92. The maximum absolute atomic E-state index is 14.0. The molecule has 20 heavy (non-hydrogen) atoms. The maximum atomic E-state index is 14.0. The van der Waals surface area contributed by atoms with E-state index >= 15 is 0 Å². The molecule has 0 spiro atoms. The van der Waals surface area contributed by atoms with Gasteiger partial charge in [0.15, 0.2) is 0 Å². The molecule has 0 aromatic heterocycles. The van der Waals surface area contributed by atoms with Crippen LogP contribution in [0.25, 0.3) is 0 Å². The molecular formula is C16H21FN2O. The zero-order valence-electron chi connectivity index (χ0n) is 11.7. The van der Waals surface area contributed by atoms with Gasteiger partial charge < -0.3 is 4.90 Å². The first-order valence-corrected chi connectivity index (χ1v) is 7.51. The predicted octanol–water partition coefficient (Wildman–Crippen LogP) is 2.70. The van der Waals surface area contributed by atoms with Crippen molar-refractivity contribution in [2.24, 2.45) is 0 Å². The Bertz CT molecular complexity index is 477. The summed E-state index contributed by atoms with van der Waals surface area (Å²) in [5.41, 5.74) is 1.03. The van der Waals surface area contributed by atoms with Gasteiger partial charge in [0.25, 0.3) is 0 Å². The van der Waals surface area contributed by atoms with Crippen molar-refractivity contribution in [3.8, 4) is 0 Å². The van der Waals surface area contributed by atoms with Gasteiger partial charge in [0.2, 0.25) is 0 Å². The first kappa shape index (κ1) is 13.6. The van der Waals surface area contributed by atoms with Gasteiger partial charge in [-0.25, -0.2) is 4.39 Å². The van der Waals surface area contributed by atoms with Gasteiger partial charge in [-0.05, 0) is 31.0 Å². The number of carbonyl (C=O) groups excluding carboxylic acids is 1. The number of aldehydes is 1. The highest BCUT2D eigenvalue weighted by Gasteiger charge is 2.26. The normalized spacial score (nSPS) is 21.4. The SMILES string of the molecule is O=Cc1ccc(N2CCN(C3CCCC3)CC2)c(F)c1. The lowest BCUT2D eigenvalue weighted by atomic mass is 10.1. The van der Waals surface area contributed by atoms with Crippen molar-refractivity contribution >= 4 is 12.0 Å². The molecule has 0 atom stereocenters. The molecule has 3 rings (SSSR count). The van der Waals surface area contributed by atoms with Crippen LogP contribution in [0.5, 0.6) is 0 Å². The third-order valence-electron chi connectivity index (χ3n) is 4.60. The van der Waals surface area contributed by atoms with Gasteiger partial charge in [-0.2, -0.15) is 0 Å². The van der Waals surface area contributed by atoms with Crippen LogP contribution in [0.1, 0.15) is 36.0 Å². The zero-order valence-corrected chi connectivity index (χ0v) is 11.7. The molecule has 2 fully saturated rings. The molecule has 2 aliphatic rings. The summed E-state index contributed by atoms with van der Waals surface area (Å²) in [6.45, 7) is 3.76. The molecular weight excluding hydrogens is 255 g/mol. The lowest BCUT2D eigenvalue weighted by Crippen LogP contribution is -2.50. The molecule has 0 bridgehead atoms. The third-order valence-corrected chi connectivity index (χ3v) is 4.60. The van der Waals surface area contributed by atoms with Crippen LogP contribution in [0.15, 0.2) is 18.2 Å². The van der Waals surface area contributed by atoms with E-state index < -0.39 is 0 Å². The number of nitrogens with zero attached hydrogens (tertiary/aromatic N) is 2. The van der Waals surface area contributed by atoms with E-state index in [1.54, 1.807) is 12.1 Å². The minimum atomic E-state index is -0.288. The van der Waals surface area contributed by atoms with Crippen molar-refractivity contribution in [2.45, 2.75) is 31.7 Å². The molecule has 0 unspecified atom stereocenters. The minimum Gasteiger partial charge on any atom is -0.367 e. The second-order valence-electron chi connectivity index (χ2n) is 5.79. The number of hydrogen-bond donors (Lipinski definition) is 0. The van der Waals surface area contributed by atoms with Crippen molar-refractivity contribution in [3.05, 3.63) is 29.6 Å². The summed E-state index contributed by atoms with van der Waals surface area (Å²) >= 11 is 0. The Hall–Kier alpha value is -1.42. The van der Waals surface area contributed by atoms with Crippen molar-refractivity contribution in [1.82, 2.24) is 4.90 Å². The molecule has 1 saturated carbocycles. The fourth-order valence-electron chi connectivity index (χ4n) is 3.45. The smallest absolute Gasteiger partial charge is 0.150 e. The molecule has 108 valence electrons. The van der Waals surface area contributed by atoms with Gasteiger partial charge in [-0.3, -0.25) is 9.69 Å². The van der Waals surface area contributed by atoms with Crippen LogP contribution >= 0.6 is 0 Å². The van der Waals surface area contributed by atoms with E-state index in [9.17, 15) is 9.18 Å². The molecule has 1 aromatic carbocycles. The van der Waals surface area contributed by atoms with E-state index in [0.717, 1.165) is 32.2 Å². The molecule has 0 N–H and O–H groups in total. The number of hydrogen-bond acceptors (Lipinski definition) is 3. The fourth-order valence-corrected chi connectivity index (χ4v) is 3.45. The second-order valence-corrected chi connectivity index (χ2v) is 5.79. The topological polar surface area (TPSA) is 23.6 Å². The van der Waals surface area contributed by atoms with E-state index in [2.05, 4.69) is 9.80 Å². The van der Waals surface area contributed by atoms with E-state index in [0.29, 0.717) is 17.5 Å². The Labute approximate surface area is 119 Å². The Morgan fingerprint density at radius 2 is 1.80 bits per heavy atom. The van der Waals surface area contributed by atoms with Crippen LogP contribution < -0.4 is 4.90 Å². The van der Waals surface area contributed by atoms with E-state index in [4.69, 9.17) is 0 Å². The highest BCUT2D eigenvalue weighted by Crippen LogP contribution is 2.26. The number of rotatable bonds is 3. The molecule has 1 saturated heterocycles. The highest BCUT2D eigenvalue weighted by atomic mass is 19.1. The zero-order chi connectivity index (χ0) is 13.9. The summed E-state index contributed by atoms with van der Waals surface area (Å²) in [6.07, 6.45) is 6.04. The molecule has 3 nitrogen and oxygen atoms in total. The first-order chi connectivity index (χ1) is 9.78. The Morgan fingerprint density at radius 1 is 1.10 bits per heavy atom. The number of carbonyl (C=O) groups is 1. The molecule has 1 aliphatic heterocycles. The van der Waals surface area contributed by atoms with Crippen LogP contribution in [0, 0.1) is 5.82 Å². The lowest BCUT2D eigenvalue weighted by molar-refractivity contribution is 0.112. The third kappa shape index (κ3) is 2.70. The summed E-state index contributed by atoms with van der Waals surface area (Å²) in [5, 5.41) is 0. The van der Waals surface area contributed by atoms with Crippen LogP contribution in [-0.4, -0.2) is 43.4 Å². The number of halogens is 1. The molecule has 4 heteroatoms. The van der Waals surface area contributed by atoms with Gasteiger partial charge in [0.1, 0.15) is 12.1 Å². The largest absolute Gasteiger partial charge is 0.367 e. The van der Waals surface area contributed by atoms with Crippen LogP contribution in [0.4, 0.5) is 10.1 Å². The minimum absolute atomic E-state index is 0.288. The molecule has 0 amide bonds.